The third-order valence-electron chi connectivity index (χ3n) is 2.46. The highest BCUT2D eigenvalue weighted by molar-refractivity contribution is 7.91. The van der Waals surface area contributed by atoms with Gasteiger partial charge in [0.1, 0.15) is 0 Å². The van der Waals surface area contributed by atoms with Crippen LogP contribution in [0.25, 0.3) is 0 Å². The minimum absolute atomic E-state index is 0.0848. The molecule has 1 heterocycles. The number of benzene rings is 1. The zero-order chi connectivity index (χ0) is 15.7. The number of hydrogen-bond donors (Lipinski definition) is 2. The molecule has 10 heteroatoms. The molecular formula is C11H10F3N3O2S2. The first kappa shape index (κ1) is 15.7. The Morgan fingerprint density at radius 3 is 2.62 bits per heavy atom. The normalized spacial score (nSPS) is 12.4. The second-order valence-electron chi connectivity index (χ2n) is 4.08. The van der Waals surface area contributed by atoms with E-state index in [1.54, 1.807) is 0 Å². The monoisotopic (exact) mass is 337 g/mol. The molecule has 0 saturated heterocycles. The summed E-state index contributed by atoms with van der Waals surface area (Å²) < 4.78 is 59.7. The van der Waals surface area contributed by atoms with Gasteiger partial charge in [0, 0.05) is 6.54 Å². The molecule has 5 nitrogen and oxygen atoms in total. The molecule has 0 aliphatic rings. The molecule has 0 atom stereocenters. The molecule has 0 amide bonds. The van der Waals surface area contributed by atoms with Crippen molar-refractivity contribution in [2.45, 2.75) is 16.9 Å². The van der Waals surface area contributed by atoms with Gasteiger partial charge in [-0.25, -0.2) is 18.5 Å². The highest BCUT2D eigenvalue weighted by atomic mass is 32.2. The maximum absolute atomic E-state index is 12.6. The lowest BCUT2D eigenvalue weighted by molar-refractivity contribution is -0.137. The van der Waals surface area contributed by atoms with Gasteiger partial charge in [0.25, 0.3) is 0 Å². The largest absolute Gasteiger partial charge is 0.416 e. The van der Waals surface area contributed by atoms with Crippen molar-refractivity contribution in [2.24, 2.45) is 5.14 Å². The Labute approximate surface area is 122 Å². The van der Waals surface area contributed by atoms with Gasteiger partial charge < -0.3 is 5.32 Å². The number of nitrogens with zero attached hydrogens (tertiary/aromatic N) is 1. The number of aromatic nitrogens is 1. The van der Waals surface area contributed by atoms with Gasteiger partial charge >= 0.3 is 6.18 Å². The predicted octanol–water partition coefficient (Wildman–Crippen LogP) is 2.42. The van der Waals surface area contributed by atoms with Crippen LogP contribution in [0.5, 0.6) is 0 Å². The highest BCUT2D eigenvalue weighted by Gasteiger charge is 2.30. The molecule has 2 rings (SSSR count). The summed E-state index contributed by atoms with van der Waals surface area (Å²) in [5.41, 5.74) is -0.344. The second-order valence-corrected chi connectivity index (χ2v) is 6.90. The van der Waals surface area contributed by atoms with Crippen molar-refractivity contribution < 1.29 is 21.6 Å². The standard InChI is InChI=1S/C11H10F3N3O2S2/c12-11(13,14)8-3-1-2-7(4-8)5-16-10-17-6-9(20-10)21(15,18)19/h1-4,6H,5H2,(H,16,17)(H2,15,18,19). The van der Waals surface area contributed by atoms with Crippen molar-refractivity contribution >= 4 is 26.5 Å². The average Bonchev–Trinajstić information content (AvgIpc) is 2.84. The van der Waals surface area contributed by atoms with Gasteiger partial charge in [0.2, 0.25) is 10.0 Å². The van der Waals surface area contributed by atoms with Crippen LogP contribution in [0.1, 0.15) is 11.1 Å². The van der Waals surface area contributed by atoms with E-state index in [0.29, 0.717) is 5.56 Å². The lowest BCUT2D eigenvalue weighted by Crippen LogP contribution is -2.09. The van der Waals surface area contributed by atoms with Gasteiger partial charge in [-0.3, -0.25) is 0 Å². The van der Waals surface area contributed by atoms with Gasteiger partial charge in [0.15, 0.2) is 9.34 Å². The molecule has 0 saturated carbocycles. The molecule has 0 bridgehead atoms. The van der Waals surface area contributed by atoms with Crippen molar-refractivity contribution in [3.63, 3.8) is 0 Å². The van der Waals surface area contributed by atoms with Crippen LogP contribution < -0.4 is 10.5 Å². The third-order valence-corrected chi connectivity index (χ3v) is 4.83. The summed E-state index contributed by atoms with van der Waals surface area (Å²) in [5.74, 6) is 0. The summed E-state index contributed by atoms with van der Waals surface area (Å²) in [4.78, 5) is 3.79. The molecule has 3 N–H and O–H groups in total. The minimum atomic E-state index is -4.40. The van der Waals surface area contributed by atoms with Gasteiger partial charge in [-0.2, -0.15) is 13.2 Å². The molecule has 0 fully saturated rings. The quantitative estimate of drug-likeness (QED) is 0.897. The predicted molar refractivity (Wildman–Crippen MR) is 72.3 cm³/mol. The summed E-state index contributed by atoms with van der Waals surface area (Å²) in [5, 5.41) is 7.95. The van der Waals surface area contributed by atoms with Crippen LogP contribution >= 0.6 is 11.3 Å². The first-order valence-electron chi connectivity index (χ1n) is 5.55. The lowest BCUT2D eigenvalue weighted by atomic mass is 10.1. The third kappa shape index (κ3) is 4.16. The Bertz CT molecular complexity index is 741. The first-order chi connectivity index (χ1) is 9.66. The van der Waals surface area contributed by atoms with Gasteiger partial charge in [0.05, 0.1) is 11.8 Å². The Morgan fingerprint density at radius 1 is 1.33 bits per heavy atom. The van der Waals surface area contributed by atoms with Crippen molar-refractivity contribution in [1.82, 2.24) is 4.98 Å². The summed E-state index contributed by atoms with van der Waals surface area (Å²) >= 11 is 0.811. The number of nitrogens with two attached hydrogens (primary N) is 1. The smallest absolute Gasteiger partial charge is 0.357 e. The van der Waals surface area contributed by atoms with E-state index in [9.17, 15) is 21.6 Å². The SMILES string of the molecule is NS(=O)(=O)c1cnc(NCc2cccc(C(F)(F)F)c2)s1. The van der Waals surface area contributed by atoms with Crippen LogP contribution in [0.3, 0.4) is 0 Å². The zero-order valence-electron chi connectivity index (χ0n) is 10.4. The number of primary sulfonamides is 1. The van der Waals surface area contributed by atoms with Crippen molar-refractivity contribution in [3.8, 4) is 0 Å². The van der Waals surface area contributed by atoms with Crippen LogP contribution in [0, 0.1) is 0 Å². The van der Waals surface area contributed by atoms with E-state index in [-0.39, 0.29) is 15.9 Å². The number of halogens is 3. The number of anilines is 1. The molecule has 0 radical (unpaired) electrons. The Kier molecular flexibility index (Phi) is 4.21. The number of nitrogens with one attached hydrogen (secondary N) is 1. The highest BCUT2D eigenvalue weighted by Crippen LogP contribution is 2.30. The fraction of sp³-hybridized carbons (Fsp3) is 0.182. The van der Waals surface area contributed by atoms with E-state index < -0.39 is 21.8 Å². The number of hydrogen-bond acceptors (Lipinski definition) is 5. The second kappa shape index (κ2) is 5.62. The van der Waals surface area contributed by atoms with Crippen LogP contribution in [-0.2, 0) is 22.7 Å². The van der Waals surface area contributed by atoms with Gasteiger partial charge in [-0.15, -0.1) is 0 Å². The Hall–Kier alpha value is -1.65. The summed E-state index contributed by atoms with van der Waals surface area (Å²) in [6.45, 7) is 0.0848. The molecule has 21 heavy (non-hydrogen) atoms. The van der Waals surface area contributed by atoms with E-state index in [1.165, 1.54) is 12.1 Å². The van der Waals surface area contributed by atoms with E-state index in [1.807, 2.05) is 0 Å². The van der Waals surface area contributed by atoms with Crippen molar-refractivity contribution in [1.29, 1.82) is 0 Å². The van der Waals surface area contributed by atoms with Crippen LogP contribution in [0.15, 0.2) is 34.7 Å². The zero-order valence-corrected chi connectivity index (χ0v) is 12.0. The number of alkyl halides is 3. The summed E-state index contributed by atoms with van der Waals surface area (Å²) in [6.07, 6.45) is -3.31. The molecule has 0 spiro atoms. The summed E-state index contributed by atoms with van der Waals surface area (Å²) in [7, 11) is -3.82. The molecular weight excluding hydrogens is 327 g/mol. The first-order valence-corrected chi connectivity index (χ1v) is 7.91. The molecule has 114 valence electrons. The molecule has 1 aromatic carbocycles. The Balaban J connectivity index is 2.08. The fourth-order valence-corrected chi connectivity index (χ4v) is 2.95. The molecule has 0 aliphatic carbocycles. The number of rotatable bonds is 4. The fourth-order valence-electron chi connectivity index (χ4n) is 1.51. The lowest BCUT2D eigenvalue weighted by Gasteiger charge is -2.09. The number of thiazole rings is 1. The van der Waals surface area contributed by atoms with E-state index in [4.69, 9.17) is 5.14 Å². The maximum atomic E-state index is 12.6. The van der Waals surface area contributed by atoms with Crippen LogP contribution in [0.4, 0.5) is 18.3 Å². The molecule has 0 aliphatic heterocycles. The molecule has 0 unspecified atom stereocenters. The van der Waals surface area contributed by atoms with E-state index in [2.05, 4.69) is 10.3 Å². The van der Waals surface area contributed by atoms with Crippen LogP contribution in [0.2, 0.25) is 0 Å². The number of sulfonamides is 1. The molecule has 2 aromatic rings. The van der Waals surface area contributed by atoms with E-state index >= 15 is 0 Å². The van der Waals surface area contributed by atoms with Crippen LogP contribution in [-0.4, -0.2) is 13.4 Å². The van der Waals surface area contributed by atoms with Crippen molar-refractivity contribution in [2.75, 3.05) is 5.32 Å². The van der Waals surface area contributed by atoms with Gasteiger partial charge in [-0.05, 0) is 17.7 Å². The maximum Gasteiger partial charge on any atom is 0.416 e. The molecule has 1 aromatic heterocycles. The van der Waals surface area contributed by atoms with E-state index in [0.717, 1.165) is 29.7 Å². The van der Waals surface area contributed by atoms with Gasteiger partial charge in [-0.1, -0.05) is 23.5 Å². The topological polar surface area (TPSA) is 85.1 Å². The average molecular weight is 337 g/mol. The van der Waals surface area contributed by atoms with Crippen molar-refractivity contribution in [3.05, 3.63) is 41.6 Å². The Morgan fingerprint density at radius 2 is 2.05 bits per heavy atom. The minimum Gasteiger partial charge on any atom is -0.357 e. The summed E-state index contributed by atoms with van der Waals surface area (Å²) in [6, 6.07) is 4.82.